The van der Waals surface area contributed by atoms with Crippen LogP contribution in [0, 0.1) is 0 Å². The fourth-order valence-corrected chi connectivity index (χ4v) is 2.00. The molecule has 0 saturated carbocycles. The highest BCUT2D eigenvalue weighted by Gasteiger charge is 2.15. The molecule has 0 saturated heterocycles. The summed E-state index contributed by atoms with van der Waals surface area (Å²) in [5.41, 5.74) is 2.53. The van der Waals surface area contributed by atoms with Crippen LogP contribution in [-0.2, 0) is 0 Å². The third-order valence-corrected chi connectivity index (χ3v) is 3.09. The second kappa shape index (κ2) is 5.41. The molecule has 2 rings (SSSR count). The van der Waals surface area contributed by atoms with Crippen LogP contribution >= 0.6 is 11.6 Å². The van der Waals surface area contributed by atoms with Gasteiger partial charge in [-0.25, -0.2) is 4.79 Å². The summed E-state index contributed by atoms with van der Waals surface area (Å²) in [4.78, 5) is 15.6. The summed E-state index contributed by atoms with van der Waals surface area (Å²) in [5, 5.41) is 9.82. The van der Waals surface area contributed by atoms with Crippen LogP contribution in [0.15, 0.2) is 36.4 Å². The van der Waals surface area contributed by atoms with E-state index in [1.807, 2.05) is 26.0 Å². The number of carboxylic acids is 1. The quantitative estimate of drug-likeness (QED) is 0.912. The summed E-state index contributed by atoms with van der Waals surface area (Å²) in [6, 6.07) is 10.6. The highest BCUT2D eigenvalue weighted by atomic mass is 35.5. The fraction of sp³-hybridized carbons (Fsp3) is 0.200. The number of nitrogens with zero attached hydrogens (tertiary/aromatic N) is 1. The number of aromatic nitrogens is 1. The van der Waals surface area contributed by atoms with E-state index in [9.17, 15) is 4.79 Å². The lowest BCUT2D eigenvalue weighted by Gasteiger charge is -2.11. The Labute approximate surface area is 116 Å². The van der Waals surface area contributed by atoms with Gasteiger partial charge >= 0.3 is 5.97 Å². The molecular formula is C15H14ClNO2. The standard InChI is InChI=1S/C15H14ClNO2/c1-9(2)14-12(15(18)19)7-8-13(17-14)10-3-5-11(16)6-4-10/h3-9H,1-2H3,(H,18,19). The van der Waals surface area contributed by atoms with E-state index in [0.717, 1.165) is 11.3 Å². The molecule has 1 heterocycles. The van der Waals surface area contributed by atoms with Gasteiger partial charge in [0.1, 0.15) is 0 Å². The maximum Gasteiger partial charge on any atom is 0.337 e. The van der Waals surface area contributed by atoms with Crippen molar-refractivity contribution in [1.82, 2.24) is 4.98 Å². The second-order valence-corrected chi connectivity index (χ2v) is 5.03. The van der Waals surface area contributed by atoms with Gasteiger partial charge in [-0.15, -0.1) is 0 Å². The molecule has 19 heavy (non-hydrogen) atoms. The summed E-state index contributed by atoms with van der Waals surface area (Å²) in [5.74, 6) is -0.891. The highest BCUT2D eigenvalue weighted by molar-refractivity contribution is 6.30. The molecule has 0 aliphatic carbocycles. The zero-order valence-electron chi connectivity index (χ0n) is 10.7. The van der Waals surface area contributed by atoms with Gasteiger partial charge in [-0.1, -0.05) is 37.6 Å². The predicted molar refractivity (Wildman–Crippen MR) is 75.7 cm³/mol. The second-order valence-electron chi connectivity index (χ2n) is 4.60. The first-order valence-electron chi connectivity index (χ1n) is 5.99. The molecule has 4 heteroatoms. The Morgan fingerprint density at radius 3 is 2.32 bits per heavy atom. The van der Waals surface area contributed by atoms with Gasteiger partial charge in [0.05, 0.1) is 17.0 Å². The molecule has 1 N–H and O–H groups in total. The van der Waals surface area contributed by atoms with Crippen LogP contribution in [0.1, 0.15) is 35.8 Å². The number of carbonyl (C=O) groups is 1. The Hall–Kier alpha value is -1.87. The predicted octanol–water partition coefficient (Wildman–Crippen LogP) is 4.22. The van der Waals surface area contributed by atoms with E-state index in [1.165, 1.54) is 0 Å². The third-order valence-electron chi connectivity index (χ3n) is 2.84. The lowest BCUT2D eigenvalue weighted by atomic mass is 10.0. The largest absolute Gasteiger partial charge is 0.478 e. The van der Waals surface area contributed by atoms with E-state index in [4.69, 9.17) is 16.7 Å². The van der Waals surface area contributed by atoms with Crippen LogP contribution in [0.4, 0.5) is 0 Å². The van der Waals surface area contributed by atoms with Crippen molar-refractivity contribution >= 4 is 17.6 Å². The Balaban J connectivity index is 2.52. The van der Waals surface area contributed by atoms with Gasteiger partial charge in [-0.3, -0.25) is 4.98 Å². The molecule has 98 valence electrons. The number of hydrogen-bond acceptors (Lipinski definition) is 2. The zero-order chi connectivity index (χ0) is 14.0. The van der Waals surface area contributed by atoms with Crippen molar-refractivity contribution in [3.8, 4) is 11.3 Å². The topological polar surface area (TPSA) is 50.2 Å². The minimum atomic E-state index is -0.946. The van der Waals surface area contributed by atoms with Crippen molar-refractivity contribution in [2.75, 3.05) is 0 Å². The van der Waals surface area contributed by atoms with Crippen LogP contribution < -0.4 is 0 Å². The van der Waals surface area contributed by atoms with E-state index >= 15 is 0 Å². The molecule has 0 aliphatic heterocycles. The van der Waals surface area contributed by atoms with Gasteiger partial charge in [0.2, 0.25) is 0 Å². The number of hydrogen-bond donors (Lipinski definition) is 1. The molecule has 0 aliphatic rings. The normalized spacial score (nSPS) is 10.7. The van der Waals surface area contributed by atoms with Crippen molar-refractivity contribution in [3.05, 3.63) is 52.7 Å². The van der Waals surface area contributed by atoms with E-state index in [2.05, 4.69) is 4.98 Å². The smallest absolute Gasteiger partial charge is 0.337 e. The molecule has 0 fully saturated rings. The van der Waals surface area contributed by atoms with Crippen LogP contribution in [-0.4, -0.2) is 16.1 Å². The SMILES string of the molecule is CC(C)c1nc(-c2ccc(Cl)cc2)ccc1C(=O)O. The lowest BCUT2D eigenvalue weighted by molar-refractivity contribution is 0.0694. The van der Waals surface area contributed by atoms with Gasteiger partial charge in [-0.2, -0.15) is 0 Å². The Bertz CT molecular complexity index is 606. The molecule has 0 radical (unpaired) electrons. The molecule has 1 aromatic heterocycles. The molecule has 0 spiro atoms. The molecule has 0 bridgehead atoms. The van der Waals surface area contributed by atoms with Crippen molar-refractivity contribution in [2.24, 2.45) is 0 Å². The van der Waals surface area contributed by atoms with Crippen LogP contribution in [0.25, 0.3) is 11.3 Å². The summed E-state index contributed by atoms with van der Waals surface area (Å²) in [6.45, 7) is 3.86. The number of halogens is 1. The monoisotopic (exact) mass is 275 g/mol. The minimum Gasteiger partial charge on any atom is -0.478 e. The lowest BCUT2D eigenvalue weighted by Crippen LogP contribution is -2.07. The molecule has 1 aromatic carbocycles. The maximum absolute atomic E-state index is 11.2. The van der Waals surface area contributed by atoms with Gasteiger partial charge < -0.3 is 5.11 Å². The Morgan fingerprint density at radius 2 is 1.79 bits per heavy atom. The van der Waals surface area contributed by atoms with Gasteiger partial charge in [0, 0.05) is 10.6 Å². The number of pyridine rings is 1. The Kier molecular flexibility index (Phi) is 3.86. The molecule has 0 atom stereocenters. The van der Waals surface area contributed by atoms with E-state index < -0.39 is 5.97 Å². The molecule has 3 nitrogen and oxygen atoms in total. The molecule has 2 aromatic rings. The first kappa shape index (κ1) is 13.6. The first-order chi connectivity index (χ1) is 8.99. The van der Waals surface area contributed by atoms with E-state index in [0.29, 0.717) is 10.7 Å². The maximum atomic E-state index is 11.2. The van der Waals surface area contributed by atoms with Crippen molar-refractivity contribution < 1.29 is 9.90 Å². The zero-order valence-corrected chi connectivity index (χ0v) is 11.5. The van der Waals surface area contributed by atoms with Crippen molar-refractivity contribution in [3.63, 3.8) is 0 Å². The van der Waals surface area contributed by atoms with Crippen LogP contribution in [0.5, 0.6) is 0 Å². The van der Waals surface area contributed by atoms with Gasteiger partial charge in [0.15, 0.2) is 0 Å². The molecule has 0 amide bonds. The van der Waals surface area contributed by atoms with E-state index in [1.54, 1.807) is 24.3 Å². The summed E-state index contributed by atoms with van der Waals surface area (Å²) >= 11 is 5.85. The molecule has 0 unspecified atom stereocenters. The van der Waals surface area contributed by atoms with Gasteiger partial charge in [0.25, 0.3) is 0 Å². The summed E-state index contributed by atoms with van der Waals surface area (Å²) in [6.07, 6.45) is 0. The van der Waals surface area contributed by atoms with Crippen molar-refractivity contribution in [1.29, 1.82) is 0 Å². The number of carboxylic acid groups (broad SMARTS) is 1. The van der Waals surface area contributed by atoms with Crippen LogP contribution in [0.3, 0.4) is 0 Å². The summed E-state index contributed by atoms with van der Waals surface area (Å²) in [7, 11) is 0. The average Bonchev–Trinajstić information content (AvgIpc) is 2.38. The van der Waals surface area contributed by atoms with Gasteiger partial charge in [-0.05, 0) is 30.2 Å². The average molecular weight is 276 g/mol. The minimum absolute atomic E-state index is 0.0540. The molecular weight excluding hydrogens is 262 g/mol. The van der Waals surface area contributed by atoms with Crippen LogP contribution in [0.2, 0.25) is 5.02 Å². The Morgan fingerprint density at radius 1 is 1.16 bits per heavy atom. The summed E-state index contributed by atoms with van der Waals surface area (Å²) < 4.78 is 0. The number of rotatable bonds is 3. The van der Waals surface area contributed by atoms with Crippen molar-refractivity contribution in [2.45, 2.75) is 19.8 Å². The fourth-order valence-electron chi connectivity index (χ4n) is 1.88. The first-order valence-corrected chi connectivity index (χ1v) is 6.37. The third kappa shape index (κ3) is 2.93. The van der Waals surface area contributed by atoms with E-state index in [-0.39, 0.29) is 11.5 Å². The number of benzene rings is 1. The highest BCUT2D eigenvalue weighted by Crippen LogP contribution is 2.24. The number of aromatic carboxylic acids is 1.